The van der Waals surface area contributed by atoms with Crippen molar-refractivity contribution in [1.82, 2.24) is 20.4 Å². The molecule has 8 heteroatoms. The second kappa shape index (κ2) is 12.2. The molecule has 3 fully saturated rings. The first-order chi connectivity index (χ1) is 18.5. The summed E-state index contributed by atoms with van der Waals surface area (Å²) < 4.78 is 5.57. The third kappa shape index (κ3) is 5.76. The Hall–Kier alpha value is -2.45. The zero-order valence-corrected chi connectivity index (χ0v) is 23.0. The molecule has 5 atom stereocenters. The molecule has 0 bridgehead atoms. The number of carbonyl (C=O) groups is 3. The van der Waals surface area contributed by atoms with E-state index in [4.69, 9.17) is 4.74 Å². The first-order valence-electron chi connectivity index (χ1n) is 14.8. The molecule has 1 aromatic carbocycles. The molecule has 5 rings (SSSR count). The van der Waals surface area contributed by atoms with E-state index in [1.807, 2.05) is 24.8 Å². The summed E-state index contributed by atoms with van der Waals surface area (Å²) in [5.74, 6) is -0.424. The van der Waals surface area contributed by atoms with Gasteiger partial charge in [0.05, 0.1) is 6.04 Å². The number of ether oxygens (including phenoxy) is 1. The van der Waals surface area contributed by atoms with Crippen molar-refractivity contribution in [2.45, 2.75) is 89.4 Å². The van der Waals surface area contributed by atoms with E-state index in [1.165, 1.54) is 11.1 Å². The predicted octanol–water partition coefficient (Wildman–Crippen LogP) is 2.81. The van der Waals surface area contributed by atoms with E-state index in [-0.39, 0.29) is 41.6 Å². The van der Waals surface area contributed by atoms with Gasteiger partial charge in [-0.1, -0.05) is 38.1 Å². The number of rotatable bonds is 7. The number of hydrogen-bond donors (Lipinski definition) is 2. The van der Waals surface area contributed by atoms with Crippen LogP contribution in [0.1, 0.15) is 76.0 Å². The molecular formula is C30H44N4O4. The Morgan fingerprint density at radius 3 is 2.63 bits per heavy atom. The summed E-state index contributed by atoms with van der Waals surface area (Å²) in [6.07, 6.45) is 7.29. The van der Waals surface area contributed by atoms with E-state index in [2.05, 4.69) is 33.7 Å². The number of piperazine rings is 1. The lowest BCUT2D eigenvalue weighted by Crippen LogP contribution is -2.66. The summed E-state index contributed by atoms with van der Waals surface area (Å²) in [5, 5.41) is 6.45. The van der Waals surface area contributed by atoms with Gasteiger partial charge in [0.25, 0.3) is 0 Å². The van der Waals surface area contributed by atoms with Crippen molar-refractivity contribution in [2.75, 3.05) is 32.8 Å². The predicted molar refractivity (Wildman–Crippen MR) is 145 cm³/mol. The average molecular weight is 525 g/mol. The molecule has 0 aromatic heterocycles. The zero-order chi connectivity index (χ0) is 26.6. The lowest BCUT2D eigenvalue weighted by atomic mass is 9.87. The molecule has 3 saturated heterocycles. The summed E-state index contributed by atoms with van der Waals surface area (Å²) in [5.41, 5.74) is 2.49. The van der Waals surface area contributed by atoms with Gasteiger partial charge in [-0.25, -0.2) is 0 Å². The standard InChI is InChI=1S/C30H44N4O4/c1-3-20(2)28(35)32-27(22-13-16-38-17-14-22)30(37)34-18-23-10-7-15-33(23)19-26(34)29(36)31-25-12-6-9-21-8-4-5-11-24(21)25/h4-5,8,11,20,22-23,25-27H,3,6-7,9-10,12-19H2,1-2H3,(H,31,36)(H,32,35)/t20-,23-,25-,26+,27+/m1/s1. The second-order valence-electron chi connectivity index (χ2n) is 11.7. The molecule has 4 aliphatic rings. The fraction of sp³-hybridized carbons (Fsp3) is 0.700. The van der Waals surface area contributed by atoms with Crippen LogP contribution < -0.4 is 10.6 Å². The number of benzene rings is 1. The van der Waals surface area contributed by atoms with Gasteiger partial charge in [0.1, 0.15) is 12.1 Å². The summed E-state index contributed by atoms with van der Waals surface area (Å²) in [6, 6.07) is 7.42. The normalized spacial score (nSPS) is 27.6. The molecule has 1 aromatic rings. The monoisotopic (exact) mass is 524 g/mol. The van der Waals surface area contributed by atoms with Crippen LogP contribution in [0.15, 0.2) is 24.3 Å². The highest BCUT2D eigenvalue weighted by Gasteiger charge is 2.45. The molecule has 3 amide bonds. The van der Waals surface area contributed by atoms with E-state index >= 15 is 0 Å². The van der Waals surface area contributed by atoms with Crippen molar-refractivity contribution in [2.24, 2.45) is 11.8 Å². The van der Waals surface area contributed by atoms with Gasteiger partial charge in [0.2, 0.25) is 17.7 Å². The number of carbonyl (C=O) groups excluding carboxylic acids is 3. The molecule has 8 nitrogen and oxygen atoms in total. The van der Waals surface area contributed by atoms with Crippen molar-refractivity contribution in [1.29, 1.82) is 0 Å². The molecule has 2 N–H and O–H groups in total. The molecule has 38 heavy (non-hydrogen) atoms. The third-order valence-corrected chi connectivity index (χ3v) is 9.32. The van der Waals surface area contributed by atoms with Crippen molar-refractivity contribution in [3.8, 4) is 0 Å². The van der Waals surface area contributed by atoms with Gasteiger partial charge in [-0.2, -0.15) is 0 Å². The second-order valence-corrected chi connectivity index (χ2v) is 11.7. The Morgan fingerprint density at radius 2 is 1.84 bits per heavy atom. The van der Waals surface area contributed by atoms with E-state index in [0.717, 1.165) is 57.9 Å². The quantitative estimate of drug-likeness (QED) is 0.573. The summed E-state index contributed by atoms with van der Waals surface area (Å²) >= 11 is 0. The number of fused-ring (bicyclic) bond motifs is 2. The SMILES string of the molecule is CC[C@@H](C)C(=O)N[C@H](C(=O)N1C[C@H]2CCCN2C[C@H]1C(=O)N[C@@H]1CCCc2ccccc21)C1CCOCC1. The Balaban J connectivity index is 1.38. The molecule has 0 saturated carbocycles. The fourth-order valence-electron chi connectivity index (χ4n) is 6.75. The molecule has 208 valence electrons. The van der Waals surface area contributed by atoms with Gasteiger partial charge in [0.15, 0.2) is 0 Å². The Morgan fingerprint density at radius 1 is 1.05 bits per heavy atom. The Kier molecular flexibility index (Phi) is 8.68. The first kappa shape index (κ1) is 27.1. The smallest absolute Gasteiger partial charge is 0.246 e. The van der Waals surface area contributed by atoms with Gasteiger partial charge in [0, 0.05) is 38.3 Å². The molecule has 3 aliphatic heterocycles. The van der Waals surface area contributed by atoms with Gasteiger partial charge >= 0.3 is 0 Å². The highest BCUT2D eigenvalue weighted by Crippen LogP contribution is 2.31. The molecule has 0 spiro atoms. The minimum absolute atomic E-state index is 0.0137. The van der Waals surface area contributed by atoms with Gasteiger partial charge in [-0.15, -0.1) is 0 Å². The third-order valence-electron chi connectivity index (χ3n) is 9.32. The molecule has 1 aliphatic carbocycles. The van der Waals surface area contributed by atoms with Crippen LogP contribution in [0, 0.1) is 11.8 Å². The van der Waals surface area contributed by atoms with E-state index in [1.54, 1.807) is 0 Å². The highest BCUT2D eigenvalue weighted by molar-refractivity contribution is 5.93. The zero-order valence-electron chi connectivity index (χ0n) is 23.0. The largest absolute Gasteiger partial charge is 0.381 e. The first-order valence-corrected chi connectivity index (χ1v) is 14.8. The van der Waals surface area contributed by atoms with Crippen LogP contribution >= 0.6 is 0 Å². The van der Waals surface area contributed by atoms with Crippen LogP contribution in [0.2, 0.25) is 0 Å². The number of nitrogens with zero attached hydrogens (tertiary/aromatic N) is 2. The highest BCUT2D eigenvalue weighted by atomic mass is 16.5. The fourth-order valence-corrected chi connectivity index (χ4v) is 6.75. The minimum Gasteiger partial charge on any atom is -0.381 e. The van der Waals surface area contributed by atoms with Crippen LogP contribution in [-0.4, -0.2) is 78.5 Å². The molecule has 3 heterocycles. The Bertz CT molecular complexity index is 1010. The number of amides is 3. The maximum absolute atomic E-state index is 14.3. The van der Waals surface area contributed by atoms with Crippen LogP contribution in [-0.2, 0) is 25.5 Å². The summed E-state index contributed by atoms with van der Waals surface area (Å²) in [7, 11) is 0. The number of hydrogen-bond acceptors (Lipinski definition) is 5. The van der Waals surface area contributed by atoms with E-state index in [9.17, 15) is 14.4 Å². The summed E-state index contributed by atoms with van der Waals surface area (Å²) in [6.45, 7) is 7.13. The maximum Gasteiger partial charge on any atom is 0.246 e. The van der Waals surface area contributed by atoms with Crippen molar-refractivity contribution >= 4 is 17.7 Å². The van der Waals surface area contributed by atoms with Gasteiger partial charge < -0.3 is 20.3 Å². The van der Waals surface area contributed by atoms with Crippen molar-refractivity contribution in [3.05, 3.63) is 35.4 Å². The Labute approximate surface area is 226 Å². The van der Waals surface area contributed by atoms with E-state index < -0.39 is 12.1 Å². The van der Waals surface area contributed by atoms with Crippen LogP contribution in [0.4, 0.5) is 0 Å². The van der Waals surface area contributed by atoms with Crippen molar-refractivity contribution in [3.63, 3.8) is 0 Å². The van der Waals surface area contributed by atoms with Crippen LogP contribution in [0.3, 0.4) is 0 Å². The molecule has 0 radical (unpaired) electrons. The maximum atomic E-state index is 14.3. The minimum atomic E-state index is -0.626. The number of aryl methyl sites for hydroxylation is 1. The lowest BCUT2D eigenvalue weighted by Gasteiger charge is -2.45. The number of nitrogens with one attached hydrogen (secondary N) is 2. The molecule has 0 unspecified atom stereocenters. The molecular weight excluding hydrogens is 480 g/mol. The van der Waals surface area contributed by atoms with Gasteiger partial charge in [-0.3, -0.25) is 19.3 Å². The summed E-state index contributed by atoms with van der Waals surface area (Å²) in [4.78, 5) is 45.4. The van der Waals surface area contributed by atoms with Gasteiger partial charge in [-0.05, 0) is 75.0 Å². The van der Waals surface area contributed by atoms with E-state index in [0.29, 0.717) is 26.3 Å². The topological polar surface area (TPSA) is 91.0 Å². The van der Waals surface area contributed by atoms with Crippen molar-refractivity contribution < 1.29 is 19.1 Å². The lowest BCUT2D eigenvalue weighted by molar-refractivity contribution is -0.150. The average Bonchev–Trinajstić information content (AvgIpc) is 3.42. The van der Waals surface area contributed by atoms with Crippen LogP contribution in [0.25, 0.3) is 0 Å². The van der Waals surface area contributed by atoms with Crippen LogP contribution in [0.5, 0.6) is 0 Å².